The third kappa shape index (κ3) is 2.66. The molecule has 0 radical (unpaired) electrons. The summed E-state index contributed by atoms with van der Waals surface area (Å²) in [7, 11) is -1.11. The summed E-state index contributed by atoms with van der Waals surface area (Å²) in [5.41, 5.74) is 6.48. The minimum atomic E-state index is -1.11. The first-order chi connectivity index (χ1) is 6.11. The zero-order chi connectivity index (χ0) is 9.84. The number of hydrogen-bond acceptors (Lipinski definition) is 3. The molecule has 0 aliphatic rings. The average Bonchev–Trinajstić information content (AvgIpc) is 2.03. The van der Waals surface area contributed by atoms with Gasteiger partial charge < -0.3 is 5.73 Å². The summed E-state index contributed by atoms with van der Waals surface area (Å²) in [6, 6.07) is 6.80. The number of hydrogen-bond donors (Lipinski definition) is 1. The summed E-state index contributed by atoms with van der Waals surface area (Å²) in [6.45, 7) is 0. The fourth-order valence-corrected chi connectivity index (χ4v) is 1.54. The van der Waals surface area contributed by atoms with Gasteiger partial charge in [0.2, 0.25) is 0 Å². The second kappa shape index (κ2) is 4.18. The highest BCUT2D eigenvalue weighted by atomic mass is 32.2. The zero-order valence-corrected chi connectivity index (χ0v) is 8.14. The highest BCUT2D eigenvalue weighted by Gasteiger charge is 2.09. The molecule has 0 aromatic heterocycles. The van der Waals surface area contributed by atoms with Crippen molar-refractivity contribution in [3.63, 3.8) is 0 Å². The average molecular weight is 197 g/mol. The molecule has 1 unspecified atom stereocenters. The summed E-state index contributed by atoms with van der Waals surface area (Å²) in [4.78, 5) is 11.4. The molecule has 2 N–H and O–H groups in total. The summed E-state index contributed by atoms with van der Waals surface area (Å²) in [5.74, 6) is -0.132. The van der Waals surface area contributed by atoms with Crippen molar-refractivity contribution < 1.29 is 9.00 Å². The molecule has 13 heavy (non-hydrogen) atoms. The van der Waals surface area contributed by atoms with Crippen LogP contribution in [0.1, 0.15) is 10.4 Å². The number of carbonyl (C=O) groups excluding carboxylic acids is 1. The van der Waals surface area contributed by atoms with Gasteiger partial charge in [0.05, 0.1) is 5.75 Å². The summed E-state index contributed by atoms with van der Waals surface area (Å²) >= 11 is 0. The van der Waals surface area contributed by atoms with Gasteiger partial charge in [0, 0.05) is 28.3 Å². The molecule has 1 aromatic carbocycles. The second-order valence-electron chi connectivity index (χ2n) is 2.73. The zero-order valence-electron chi connectivity index (χ0n) is 7.32. The minimum absolute atomic E-state index is 0.0359. The Morgan fingerprint density at radius 1 is 1.46 bits per heavy atom. The molecule has 0 spiro atoms. The van der Waals surface area contributed by atoms with Crippen LogP contribution in [0.4, 0.5) is 5.69 Å². The highest BCUT2D eigenvalue weighted by molar-refractivity contribution is 7.85. The number of para-hydroxylation sites is 1. The highest BCUT2D eigenvalue weighted by Crippen LogP contribution is 2.11. The van der Waals surface area contributed by atoms with E-state index in [0.29, 0.717) is 11.3 Å². The van der Waals surface area contributed by atoms with E-state index in [1.165, 1.54) is 6.26 Å². The van der Waals surface area contributed by atoms with Crippen LogP contribution in [0, 0.1) is 0 Å². The van der Waals surface area contributed by atoms with Crippen molar-refractivity contribution in [1.82, 2.24) is 0 Å². The molecule has 0 fully saturated rings. The largest absolute Gasteiger partial charge is 0.398 e. The lowest BCUT2D eigenvalue weighted by molar-refractivity contribution is 0.102. The van der Waals surface area contributed by atoms with Crippen LogP contribution in [0.25, 0.3) is 0 Å². The molecule has 0 aliphatic carbocycles. The number of carbonyl (C=O) groups is 1. The fraction of sp³-hybridized carbons (Fsp3) is 0.222. The molecular weight excluding hydrogens is 186 g/mol. The normalized spacial score (nSPS) is 12.4. The Balaban J connectivity index is 2.89. The Labute approximate surface area is 79.4 Å². The van der Waals surface area contributed by atoms with Gasteiger partial charge in [0.25, 0.3) is 0 Å². The van der Waals surface area contributed by atoms with Gasteiger partial charge in [-0.05, 0) is 12.1 Å². The van der Waals surface area contributed by atoms with Crippen molar-refractivity contribution in [2.75, 3.05) is 17.7 Å². The molecule has 0 heterocycles. The third-order valence-corrected chi connectivity index (χ3v) is 2.26. The number of Topliss-reactive ketones (excluding diaryl/α,β-unsaturated/α-hetero) is 1. The van der Waals surface area contributed by atoms with Crippen LogP contribution >= 0.6 is 0 Å². The molecule has 0 bridgehead atoms. The maximum absolute atomic E-state index is 11.4. The fourth-order valence-electron chi connectivity index (χ4n) is 1.01. The van der Waals surface area contributed by atoms with Gasteiger partial charge in [0.15, 0.2) is 5.78 Å². The first kappa shape index (κ1) is 9.92. The second-order valence-corrected chi connectivity index (χ2v) is 4.16. The first-order valence-electron chi connectivity index (χ1n) is 3.79. The molecule has 0 aliphatic heterocycles. The van der Waals surface area contributed by atoms with E-state index in [1.54, 1.807) is 24.3 Å². The maximum Gasteiger partial charge on any atom is 0.177 e. The number of benzene rings is 1. The number of ketones is 1. The topological polar surface area (TPSA) is 60.2 Å². The van der Waals surface area contributed by atoms with Gasteiger partial charge in [-0.25, -0.2) is 0 Å². The molecule has 1 rings (SSSR count). The molecule has 1 atom stereocenters. The van der Waals surface area contributed by atoms with Crippen LogP contribution in [-0.4, -0.2) is 22.0 Å². The Bertz CT molecular complexity index is 349. The molecule has 0 amide bonds. The Kier molecular flexibility index (Phi) is 3.19. The van der Waals surface area contributed by atoms with Crippen LogP contribution in [0.15, 0.2) is 24.3 Å². The van der Waals surface area contributed by atoms with Crippen LogP contribution in [0.3, 0.4) is 0 Å². The number of anilines is 1. The molecule has 0 saturated heterocycles. The Hall–Kier alpha value is -1.16. The first-order valence-corrected chi connectivity index (χ1v) is 5.51. The van der Waals surface area contributed by atoms with Crippen LogP contribution in [0.2, 0.25) is 0 Å². The number of nitrogen functional groups attached to an aromatic ring is 1. The van der Waals surface area contributed by atoms with Crippen LogP contribution in [0.5, 0.6) is 0 Å². The van der Waals surface area contributed by atoms with Crippen LogP contribution in [-0.2, 0) is 10.8 Å². The van der Waals surface area contributed by atoms with Crippen molar-refractivity contribution in [2.45, 2.75) is 0 Å². The van der Waals surface area contributed by atoms with E-state index >= 15 is 0 Å². The van der Waals surface area contributed by atoms with Gasteiger partial charge in [-0.2, -0.15) is 0 Å². The quantitative estimate of drug-likeness (QED) is 0.576. The van der Waals surface area contributed by atoms with Gasteiger partial charge in [-0.15, -0.1) is 0 Å². The van der Waals surface area contributed by atoms with Crippen molar-refractivity contribution in [1.29, 1.82) is 0 Å². The lowest BCUT2D eigenvalue weighted by Gasteiger charge is -2.01. The van der Waals surface area contributed by atoms with E-state index in [4.69, 9.17) is 5.73 Å². The minimum Gasteiger partial charge on any atom is -0.398 e. The van der Waals surface area contributed by atoms with Gasteiger partial charge >= 0.3 is 0 Å². The molecule has 0 saturated carbocycles. The van der Waals surface area contributed by atoms with E-state index < -0.39 is 10.8 Å². The SMILES string of the molecule is CS(=O)CC(=O)c1ccccc1N. The predicted octanol–water partition coefficient (Wildman–Crippen LogP) is 0.830. The molecular formula is C9H11NO2S. The number of nitrogens with two attached hydrogens (primary N) is 1. The maximum atomic E-state index is 11.4. The molecule has 70 valence electrons. The van der Waals surface area contributed by atoms with Crippen molar-refractivity contribution in [3.05, 3.63) is 29.8 Å². The van der Waals surface area contributed by atoms with Crippen molar-refractivity contribution in [3.8, 4) is 0 Å². The lowest BCUT2D eigenvalue weighted by Crippen LogP contribution is -2.11. The number of rotatable bonds is 3. The summed E-state index contributed by atoms with van der Waals surface area (Å²) in [5, 5.41) is 0. The Morgan fingerprint density at radius 2 is 2.08 bits per heavy atom. The third-order valence-electron chi connectivity index (χ3n) is 1.60. The Morgan fingerprint density at radius 3 is 2.62 bits per heavy atom. The molecule has 1 aromatic rings. The van der Waals surface area contributed by atoms with E-state index in [2.05, 4.69) is 0 Å². The van der Waals surface area contributed by atoms with Crippen molar-refractivity contribution in [2.24, 2.45) is 0 Å². The van der Waals surface area contributed by atoms with E-state index in [0.717, 1.165) is 0 Å². The summed E-state index contributed by atoms with van der Waals surface area (Å²) in [6.07, 6.45) is 1.50. The smallest absolute Gasteiger partial charge is 0.177 e. The predicted molar refractivity (Wildman–Crippen MR) is 54.1 cm³/mol. The van der Waals surface area contributed by atoms with E-state index in [-0.39, 0.29) is 11.5 Å². The van der Waals surface area contributed by atoms with Crippen molar-refractivity contribution >= 4 is 22.3 Å². The van der Waals surface area contributed by atoms with Gasteiger partial charge in [-0.3, -0.25) is 9.00 Å². The lowest BCUT2D eigenvalue weighted by atomic mass is 10.1. The van der Waals surface area contributed by atoms with E-state index in [1.807, 2.05) is 0 Å². The summed E-state index contributed by atoms with van der Waals surface area (Å²) < 4.78 is 10.8. The van der Waals surface area contributed by atoms with Gasteiger partial charge in [0.1, 0.15) is 0 Å². The van der Waals surface area contributed by atoms with Crippen LogP contribution < -0.4 is 5.73 Å². The van der Waals surface area contributed by atoms with E-state index in [9.17, 15) is 9.00 Å². The molecule has 4 heteroatoms. The van der Waals surface area contributed by atoms with Gasteiger partial charge in [-0.1, -0.05) is 12.1 Å². The molecule has 3 nitrogen and oxygen atoms in total. The monoisotopic (exact) mass is 197 g/mol. The standard InChI is InChI=1S/C9H11NO2S/c1-13(12)6-9(11)7-4-2-3-5-8(7)10/h2-5H,6,10H2,1H3.